The van der Waals surface area contributed by atoms with E-state index >= 15 is 0 Å². The Labute approximate surface area is 137 Å². The zero-order valence-electron chi connectivity index (χ0n) is 14.0. The fraction of sp³-hybridized carbons (Fsp3) is 0.944. The van der Waals surface area contributed by atoms with Gasteiger partial charge in [0.25, 0.3) is 0 Å². The summed E-state index contributed by atoms with van der Waals surface area (Å²) in [7, 11) is 0. The lowest BCUT2D eigenvalue weighted by Gasteiger charge is -2.20. The van der Waals surface area contributed by atoms with Crippen molar-refractivity contribution in [1.82, 2.24) is 4.90 Å². The van der Waals surface area contributed by atoms with E-state index in [4.69, 9.17) is 0 Å². The molecule has 0 aromatic carbocycles. The summed E-state index contributed by atoms with van der Waals surface area (Å²) >= 11 is 4.24. The van der Waals surface area contributed by atoms with Crippen molar-refractivity contribution >= 4 is 18.5 Å². The summed E-state index contributed by atoms with van der Waals surface area (Å²) in [5.74, 6) is 2.22. The van der Waals surface area contributed by atoms with E-state index in [-0.39, 0.29) is 0 Å². The molecule has 1 fully saturated rings. The van der Waals surface area contributed by atoms with Crippen LogP contribution in [0.3, 0.4) is 0 Å². The summed E-state index contributed by atoms with van der Waals surface area (Å²) in [4.78, 5) is 14.3. The molecule has 0 bridgehead atoms. The van der Waals surface area contributed by atoms with Crippen molar-refractivity contribution in [1.29, 1.82) is 0 Å². The number of hydrogen-bond donors (Lipinski definition) is 1. The molecule has 124 valence electrons. The summed E-state index contributed by atoms with van der Waals surface area (Å²) in [5.41, 5.74) is 0. The van der Waals surface area contributed by atoms with Crippen molar-refractivity contribution in [3.05, 3.63) is 0 Å². The number of hydrogen-bond acceptors (Lipinski definition) is 2. The molecule has 1 aliphatic heterocycles. The summed E-state index contributed by atoms with van der Waals surface area (Å²) in [5, 5.41) is 0. The molecule has 0 spiro atoms. The third kappa shape index (κ3) is 8.75. The molecule has 0 N–H and O–H groups in total. The first-order chi connectivity index (χ1) is 10.3. The predicted octanol–water partition coefficient (Wildman–Crippen LogP) is 5.08. The molecule has 1 rings (SSSR count). The van der Waals surface area contributed by atoms with Crippen LogP contribution in [-0.4, -0.2) is 29.6 Å². The SMILES string of the molecule is CCCC1CCC(=O)N(CCCCCCCCCS)CC1. The Kier molecular flexibility index (Phi) is 11.1. The van der Waals surface area contributed by atoms with Crippen LogP contribution < -0.4 is 0 Å². The van der Waals surface area contributed by atoms with Gasteiger partial charge in [0.05, 0.1) is 0 Å². The van der Waals surface area contributed by atoms with Gasteiger partial charge in [0.1, 0.15) is 0 Å². The maximum absolute atomic E-state index is 12.1. The molecule has 0 aliphatic carbocycles. The average Bonchev–Trinajstić information content (AvgIpc) is 2.65. The Bertz CT molecular complexity index is 270. The lowest BCUT2D eigenvalue weighted by atomic mass is 9.96. The van der Waals surface area contributed by atoms with E-state index in [1.807, 2.05) is 0 Å². The molecule has 3 heteroatoms. The molecule has 1 aliphatic rings. The molecule has 0 aromatic heterocycles. The minimum Gasteiger partial charge on any atom is -0.343 e. The molecule has 1 amide bonds. The maximum atomic E-state index is 12.1. The Balaban J connectivity index is 2.06. The van der Waals surface area contributed by atoms with Crippen LogP contribution in [0.25, 0.3) is 0 Å². The molecular weight excluding hydrogens is 278 g/mol. The highest BCUT2D eigenvalue weighted by atomic mass is 32.1. The molecule has 21 heavy (non-hydrogen) atoms. The van der Waals surface area contributed by atoms with Crippen molar-refractivity contribution in [2.75, 3.05) is 18.8 Å². The Morgan fingerprint density at radius 2 is 1.71 bits per heavy atom. The summed E-state index contributed by atoms with van der Waals surface area (Å²) < 4.78 is 0. The first kappa shape index (κ1) is 18.9. The number of amides is 1. The van der Waals surface area contributed by atoms with Gasteiger partial charge in [-0.25, -0.2) is 0 Å². The third-order valence-electron chi connectivity index (χ3n) is 4.71. The molecule has 1 heterocycles. The van der Waals surface area contributed by atoms with Crippen LogP contribution in [0.2, 0.25) is 0 Å². The van der Waals surface area contributed by atoms with Gasteiger partial charge in [0.15, 0.2) is 0 Å². The Morgan fingerprint density at radius 1 is 1.05 bits per heavy atom. The highest BCUT2D eigenvalue weighted by Gasteiger charge is 2.21. The van der Waals surface area contributed by atoms with Gasteiger partial charge in [-0.2, -0.15) is 12.6 Å². The van der Waals surface area contributed by atoms with Crippen molar-refractivity contribution in [3.63, 3.8) is 0 Å². The summed E-state index contributed by atoms with van der Waals surface area (Å²) in [6.07, 6.45) is 14.8. The molecule has 2 nitrogen and oxygen atoms in total. The van der Waals surface area contributed by atoms with Gasteiger partial charge in [-0.15, -0.1) is 0 Å². The van der Waals surface area contributed by atoms with Crippen LogP contribution in [0, 0.1) is 5.92 Å². The number of rotatable bonds is 11. The Morgan fingerprint density at radius 3 is 2.38 bits per heavy atom. The Hall–Kier alpha value is -0.180. The molecule has 0 saturated carbocycles. The number of nitrogens with zero attached hydrogens (tertiary/aromatic N) is 1. The van der Waals surface area contributed by atoms with E-state index in [2.05, 4.69) is 24.5 Å². The van der Waals surface area contributed by atoms with Crippen molar-refractivity contribution in [3.8, 4) is 0 Å². The second-order valence-corrected chi connectivity index (χ2v) is 7.01. The van der Waals surface area contributed by atoms with E-state index in [0.717, 1.165) is 37.6 Å². The van der Waals surface area contributed by atoms with Gasteiger partial charge in [-0.1, -0.05) is 51.9 Å². The van der Waals surface area contributed by atoms with Gasteiger partial charge >= 0.3 is 0 Å². The van der Waals surface area contributed by atoms with E-state index in [9.17, 15) is 4.79 Å². The number of thiol groups is 1. The quantitative estimate of drug-likeness (QED) is 0.417. The minimum absolute atomic E-state index is 0.405. The first-order valence-electron chi connectivity index (χ1n) is 9.16. The second kappa shape index (κ2) is 12.4. The molecule has 0 aromatic rings. The largest absolute Gasteiger partial charge is 0.343 e. The van der Waals surface area contributed by atoms with Crippen LogP contribution in [0.5, 0.6) is 0 Å². The van der Waals surface area contributed by atoms with Crippen LogP contribution in [-0.2, 0) is 4.79 Å². The van der Waals surface area contributed by atoms with E-state index < -0.39 is 0 Å². The number of carbonyl (C=O) groups is 1. The van der Waals surface area contributed by atoms with Gasteiger partial charge in [0.2, 0.25) is 5.91 Å². The number of carbonyl (C=O) groups excluding carboxylic acids is 1. The fourth-order valence-electron chi connectivity index (χ4n) is 3.32. The van der Waals surface area contributed by atoms with Crippen LogP contribution in [0.15, 0.2) is 0 Å². The summed E-state index contributed by atoms with van der Waals surface area (Å²) in [6, 6.07) is 0. The molecule has 1 saturated heterocycles. The maximum Gasteiger partial charge on any atom is 0.222 e. The van der Waals surface area contributed by atoms with Crippen molar-refractivity contribution < 1.29 is 4.79 Å². The van der Waals surface area contributed by atoms with Crippen molar-refractivity contribution in [2.24, 2.45) is 5.92 Å². The third-order valence-corrected chi connectivity index (χ3v) is 5.03. The minimum atomic E-state index is 0.405. The highest BCUT2D eigenvalue weighted by molar-refractivity contribution is 7.80. The topological polar surface area (TPSA) is 20.3 Å². The van der Waals surface area contributed by atoms with Gasteiger partial charge in [0, 0.05) is 19.5 Å². The van der Waals surface area contributed by atoms with Crippen LogP contribution in [0.1, 0.15) is 84.0 Å². The van der Waals surface area contributed by atoms with Gasteiger partial charge in [-0.05, 0) is 37.4 Å². The smallest absolute Gasteiger partial charge is 0.222 e. The number of likely N-dealkylation sites (tertiary alicyclic amines) is 1. The standard InChI is InChI=1S/C18H35NOS/c1-2-10-17-11-12-18(20)19(15-13-17)14-8-6-4-3-5-7-9-16-21/h17,21H,2-16H2,1H3. The normalized spacial score (nSPS) is 19.8. The monoisotopic (exact) mass is 313 g/mol. The van der Waals surface area contributed by atoms with Crippen LogP contribution >= 0.6 is 12.6 Å². The lowest BCUT2D eigenvalue weighted by molar-refractivity contribution is -0.130. The lowest BCUT2D eigenvalue weighted by Crippen LogP contribution is -2.31. The van der Waals surface area contributed by atoms with Crippen molar-refractivity contribution in [2.45, 2.75) is 84.0 Å². The molecule has 1 unspecified atom stereocenters. The average molecular weight is 314 g/mol. The highest BCUT2D eigenvalue weighted by Crippen LogP contribution is 2.23. The fourth-order valence-corrected chi connectivity index (χ4v) is 3.55. The zero-order chi connectivity index (χ0) is 15.3. The molecule has 1 atom stereocenters. The predicted molar refractivity (Wildman–Crippen MR) is 95.0 cm³/mol. The zero-order valence-corrected chi connectivity index (χ0v) is 14.9. The van der Waals surface area contributed by atoms with Gasteiger partial charge in [-0.3, -0.25) is 4.79 Å². The second-order valence-electron chi connectivity index (χ2n) is 6.56. The van der Waals surface area contributed by atoms with Crippen LogP contribution in [0.4, 0.5) is 0 Å². The van der Waals surface area contributed by atoms with Gasteiger partial charge < -0.3 is 4.90 Å². The van der Waals surface area contributed by atoms with E-state index in [1.165, 1.54) is 64.2 Å². The molecular formula is C18H35NOS. The van der Waals surface area contributed by atoms with E-state index in [0.29, 0.717) is 5.91 Å². The van der Waals surface area contributed by atoms with E-state index in [1.54, 1.807) is 0 Å². The molecule has 0 radical (unpaired) electrons. The summed E-state index contributed by atoms with van der Waals surface area (Å²) in [6.45, 7) is 4.25. The first-order valence-corrected chi connectivity index (χ1v) is 9.79. The number of unbranched alkanes of at least 4 members (excludes halogenated alkanes) is 6.